The third kappa shape index (κ3) is 4.85. The summed E-state index contributed by atoms with van der Waals surface area (Å²) in [6.45, 7) is 1.75. The molecule has 1 fully saturated rings. The molecule has 1 aliphatic heterocycles. The molecule has 1 saturated heterocycles. The lowest BCUT2D eigenvalue weighted by Crippen LogP contribution is -2.43. The Bertz CT molecular complexity index is 627. The zero-order valence-electron chi connectivity index (χ0n) is 11.2. The van der Waals surface area contributed by atoms with Crippen LogP contribution in [-0.4, -0.2) is 51.3 Å². The maximum Gasteiger partial charge on any atom is 0.237 e. The third-order valence-electron chi connectivity index (χ3n) is 3.08. The predicted octanol–water partition coefficient (Wildman–Crippen LogP) is 1.77. The molecule has 21 heavy (non-hydrogen) atoms. The maximum atomic E-state index is 12.1. The molecule has 5 nitrogen and oxygen atoms in total. The van der Waals surface area contributed by atoms with Crippen molar-refractivity contribution >= 4 is 38.9 Å². The highest BCUT2D eigenvalue weighted by molar-refractivity contribution is 7.91. The predicted molar refractivity (Wildman–Crippen MR) is 81.4 cm³/mol. The molecule has 0 bridgehead atoms. The van der Waals surface area contributed by atoms with E-state index in [2.05, 4.69) is 0 Å². The van der Waals surface area contributed by atoms with Gasteiger partial charge >= 0.3 is 0 Å². The lowest BCUT2D eigenvalue weighted by molar-refractivity contribution is -0.132. The highest BCUT2D eigenvalue weighted by Crippen LogP contribution is 2.23. The van der Waals surface area contributed by atoms with Gasteiger partial charge in [0.15, 0.2) is 9.84 Å². The van der Waals surface area contributed by atoms with Crippen LogP contribution in [0.15, 0.2) is 18.2 Å². The number of rotatable bonds is 4. The molecule has 8 heteroatoms. The molecule has 0 aliphatic carbocycles. The molecule has 0 radical (unpaired) electrons. The molecular weight excluding hydrogens is 337 g/mol. The number of halogens is 2. The van der Waals surface area contributed by atoms with E-state index in [4.69, 9.17) is 27.9 Å². The van der Waals surface area contributed by atoms with Crippen LogP contribution in [0.3, 0.4) is 0 Å². The van der Waals surface area contributed by atoms with Gasteiger partial charge in [0.05, 0.1) is 29.0 Å². The first kappa shape index (κ1) is 16.5. The van der Waals surface area contributed by atoms with Crippen molar-refractivity contribution in [2.45, 2.75) is 5.75 Å². The quantitative estimate of drug-likeness (QED) is 0.829. The minimum absolute atomic E-state index is 0.236. The lowest BCUT2D eigenvalue weighted by atomic mass is 10.2. The molecule has 2 rings (SSSR count). The molecule has 0 spiro atoms. The largest absolute Gasteiger partial charge is 0.378 e. The summed E-state index contributed by atoms with van der Waals surface area (Å²) in [4.78, 5) is 13.5. The Kier molecular flexibility index (Phi) is 5.48. The molecule has 0 saturated carbocycles. The molecule has 1 aromatic carbocycles. The van der Waals surface area contributed by atoms with Crippen molar-refractivity contribution in [1.82, 2.24) is 4.90 Å². The number of benzene rings is 1. The van der Waals surface area contributed by atoms with Crippen LogP contribution >= 0.6 is 23.2 Å². The van der Waals surface area contributed by atoms with E-state index in [1.165, 1.54) is 11.0 Å². The number of hydrogen-bond acceptors (Lipinski definition) is 4. The first-order valence-electron chi connectivity index (χ1n) is 6.37. The summed E-state index contributed by atoms with van der Waals surface area (Å²) in [7, 11) is -3.55. The van der Waals surface area contributed by atoms with Gasteiger partial charge in [-0.3, -0.25) is 4.79 Å². The number of amides is 1. The summed E-state index contributed by atoms with van der Waals surface area (Å²) in [5.41, 5.74) is 0.513. The second-order valence-electron chi connectivity index (χ2n) is 4.77. The number of carbonyl (C=O) groups excluding carboxylic acids is 1. The molecule has 0 unspecified atom stereocenters. The summed E-state index contributed by atoms with van der Waals surface area (Å²) in [5.74, 6) is -1.13. The normalized spacial score (nSPS) is 16.0. The average molecular weight is 352 g/mol. The van der Waals surface area contributed by atoms with Gasteiger partial charge in [0.25, 0.3) is 0 Å². The van der Waals surface area contributed by atoms with Gasteiger partial charge in [-0.2, -0.15) is 0 Å². The standard InChI is InChI=1S/C13H15Cl2NO4S/c14-11-2-1-10(7-12(11)15)8-21(18,19)9-13(17)16-3-5-20-6-4-16/h1-2,7H,3-6,8-9H2. The Hall–Kier alpha value is -0.820. The summed E-state index contributed by atoms with van der Waals surface area (Å²) < 4.78 is 29.3. The van der Waals surface area contributed by atoms with Crippen LogP contribution in [-0.2, 0) is 25.1 Å². The third-order valence-corrected chi connectivity index (χ3v) is 5.28. The molecule has 1 heterocycles. The first-order valence-corrected chi connectivity index (χ1v) is 8.95. The molecule has 0 N–H and O–H groups in total. The van der Waals surface area contributed by atoms with Crippen molar-refractivity contribution in [2.75, 3.05) is 32.1 Å². The number of nitrogens with zero attached hydrogens (tertiary/aromatic N) is 1. The maximum absolute atomic E-state index is 12.1. The van der Waals surface area contributed by atoms with Crippen LogP contribution < -0.4 is 0 Å². The van der Waals surface area contributed by atoms with Crippen LogP contribution in [0.2, 0.25) is 10.0 Å². The number of carbonyl (C=O) groups is 1. The van der Waals surface area contributed by atoms with Gasteiger partial charge in [0.2, 0.25) is 5.91 Å². The van der Waals surface area contributed by atoms with E-state index in [1.54, 1.807) is 12.1 Å². The minimum atomic E-state index is -3.55. The van der Waals surface area contributed by atoms with E-state index in [-0.39, 0.29) is 5.75 Å². The monoisotopic (exact) mass is 351 g/mol. The zero-order chi connectivity index (χ0) is 15.5. The van der Waals surface area contributed by atoms with Crippen molar-refractivity contribution in [3.05, 3.63) is 33.8 Å². The summed E-state index contributed by atoms with van der Waals surface area (Å²) in [6, 6.07) is 4.63. The number of morpholine rings is 1. The Morgan fingerprint density at radius 3 is 2.48 bits per heavy atom. The Balaban J connectivity index is 2.00. The van der Waals surface area contributed by atoms with Gasteiger partial charge in [0.1, 0.15) is 5.75 Å². The van der Waals surface area contributed by atoms with Gasteiger partial charge in [0, 0.05) is 13.1 Å². The highest BCUT2D eigenvalue weighted by atomic mass is 35.5. The van der Waals surface area contributed by atoms with Crippen LogP contribution in [0.5, 0.6) is 0 Å². The van der Waals surface area contributed by atoms with Crippen LogP contribution in [0.4, 0.5) is 0 Å². The summed E-state index contributed by atoms with van der Waals surface area (Å²) in [6.07, 6.45) is 0. The van der Waals surface area contributed by atoms with E-state index in [0.29, 0.717) is 41.9 Å². The van der Waals surface area contributed by atoms with Crippen LogP contribution in [0.25, 0.3) is 0 Å². The van der Waals surface area contributed by atoms with Gasteiger partial charge in [-0.05, 0) is 17.7 Å². The van der Waals surface area contributed by atoms with Crippen molar-refractivity contribution in [3.8, 4) is 0 Å². The van der Waals surface area contributed by atoms with Crippen molar-refractivity contribution < 1.29 is 17.9 Å². The van der Waals surface area contributed by atoms with E-state index in [0.717, 1.165) is 0 Å². The van der Waals surface area contributed by atoms with Gasteiger partial charge in [-0.1, -0.05) is 29.3 Å². The Morgan fingerprint density at radius 2 is 1.86 bits per heavy atom. The number of hydrogen-bond donors (Lipinski definition) is 0. The molecule has 0 aromatic heterocycles. The molecule has 1 aromatic rings. The minimum Gasteiger partial charge on any atom is -0.378 e. The summed E-state index contributed by atoms with van der Waals surface area (Å²) >= 11 is 11.6. The van der Waals surface area contributed by atoms with Gasteiger partial charge < -0.3 is 9.64 Å². The molecule has 0 atom stereocenters. The number of ether oxygens (including phenoxy) is 1. The average Bonchev–Trinajstić information content (AvgIpc) is 2.43. The smallest absolute Gasteiger partial charge is 0.237 e. The van der Waals surface area contributed by atoms with E-state index in [9.17, 15) is 13.2 Å². The van der Waals surface area contributed by atoms with Crippen molar-refractivity contribution in [3.63, 3.8) is 0 Å². The van der Waals surface area contributed by atoms with E-state index >= 15 is 0 Å². The lowest BCUT2D eigenvalue weighted by Gasteiger charge is -2.26. The van der Waals surface area contributed by atoms with Crippen molar-refractivity contribution in [1.29, 1.82) is 0 Å². The van der Waals surface area contributed by atoms with Crippen LogP contribution in [0, 0.1) is 0 Å². The second kappa shape index (κ2) is 6.96. The van der Waals surface area contributed by atoms with Crippen LogP contribution in [0.1, 0.15) is 5.56 Å². The zero-order valence-corrected chi connectivity index (χ0v) is 13.5. The SMILES string of the molecule is O=C(CS(=O)(=O)Cc1ccc(Cl)c(Cl)c1)N1CCOCC1. The molecule has 116 valence electrons. The Morgan fingerprint density at radius 1 is 1.19 bits per heavy atom. The highest BCUT2D eigenvalue weighted by Gasteiger charge is 2.23. The fourth-order valence-electron chi connectivity index (χ4n) is 2.03. The van der Waals surface area contributed by atoms with Gasteiger partial charge in [-0.25, -0.2) is 8.42 Å². The van der Waals surface area contributed by atoms with Gasteiger partial charge in [-0.15, -0.1) is 0 Å². The Labute approximate surface area is 133 Å². The second-order valence-corrected chi connectivity index (χ2v) is 7.65. The van der Waals surface area contributed by atoms with Crippen molar-refractivity contribution in [2.24, 2.45) is 0 Å². The van der Waals surface area contributed by atoms with E-state index < -0.39 is 21.5 Å². The summed E-state index contributed by atoms with van der Waals surface area (Å²) in [5, 5.41) is 0.658. The van der Waals surface area contributed by atoms with E-state index in [1.807, 2.05) is 0 Å². The number of sulfone groups is 1. The molecule has 1 amide bonds. The first-order chi connectivity index (χ1) is 9.87. The molecule has 1 aliphatic rings. The fourth-order valence-corrected chi connectivity index (χ4v) is 3.70. The topological polar surface area (TPSA) is 63.7 Å². The fraction of sp³-hybridized carbons (Fsp3) is 0.462. The molecular formula is C13H15Cl2NO4S.